The number of phenolic OH excluding ortho intramolecular Hbond substituents is 1. The second-order valence-corrected chi connectivity index (χ2v) is 10.7. The number of ether oxygens (including phenoxy) is 1. The number of likely N-dealkylation sites (tertiary alicyclic amines) is 1. The minimum atomic E-state index is -0.988. The molecule has 2 fully saturated rings. The second kappa shape index (κ2) is 11.0. The summed E-state index contributed by atoms with van der Waals surface area (Å²) in [7, 11) is 2.19. The first-order valence-corrected chi connectivity index (χ1v) is 13.1. The molecule has 0 radical (unpaired) electrons. The standard InChI is InChI=1S/C26H33BBrNO6/c1-4-5-15(10-16-11-18(28)7-8-21(16)30)6-9-22-23-17(14-34-3)12-19-24(20(23)13-27(33)35-22)26(32)29(2)25(19)31/h7-8,10-11,19-20,22,24,30,33H,4-6,9,12-14H2,1-3H3/b15-10+/t19-,20+,22-,24-/m1/s1. The number of halogens is 1. The van der Waals surface area contributed by atoms with Gasteiger partial charge in [-0.25, -0.2) is 0 Å². The van der Waals surface area contributed by atoms with Gasteiger partial charge in [0.2, 0.25) is 11.8 Å². The first-order valence-electron chi connectivity index (χ1n) is 12.3. The number of fused-ring (bicyclic) bond motifs is 3. The number of carbonyl (C=O) groups is 2. The normalized spacial score (nSPS) is 26.9. The van der Waals surface area contributed by atoms with Crippen LogP contribution in [0, 0.1) is 17.8 Å². The third-order valence-electron chi connectivity index (χ3n) is 7.49. The van der Waals surface area contributed by atoms with Crippen LogP contribution < -0.4 is 0 Å². The third-order valence-corrected chi connectivity index (χ3v) is 7.99. The molecule has 1 aromatic carbocycles. The number of nitrogens with zero attached hydrogens (tertiary/aromatic N) is 1. The molecule has 0 unspecified atom stereocenters. The van der Waals surface area contributed by atoms with Gasteiger partial charge >= 0.3 is 7.12 Å². The fraction of sp³-hybridized carbons (Fsp3) is 0.538. The predicted molar refractivity (Wildman–Crippen MR) is 137 cm³/mol. The highest BCUT2D eigenvalue weighted by molar-refractivity contribution is 9.10. The fourth-order valence-electron chi connectivity index (χ4n) is 6.00. The molecule has 2 saturated heterocycles. The number of benzene rings is 1. The van der Waals surface area contributed by atoms with Crippen LogP contribution in [0.1, 0.15) is 44.6 Å². The van der Waals surface area contributed by atoms with Crippen LogP contribution in [0.15, 0.2) is 39.4 Å². The summed E-state index contributed by atoms with van der Waals surface area (Å²) in [5.41, 5.74) is 3.97. The van der Waals surface area contributed by atoms with Crippen molar-refractivity contribution in [3.63, 3.8) is 0 Å². The zero-order chi connectivity index (χ0) is 25.3. The zero-order valence-electron chi connectivity index (χ0n) is 20.5. The number of amides is 2. The molecule has 9 heteroatoms. The van der Waals surface area contributed by atoms with Gasteiger partial charge in [0.25, 0.3) is 0 Å². The first kappa shape index (κ1) is 26.1. The molecule has 0 saturated carbocycles. The van der Waals surface area contributed by atoms with Crippen molar-refractivity contribution in [3.8, 4) is 5.75 Å². The van der Waals surface area contributed by atoms with Crippen molar-refractivity contribution in [2.45, 2.75) is 51.5 Å². The highest BCUT2D eigenvalue weighted by Gasteiger charge is 2.56. The summed E-state index contributed by atoms with van der Waals surface area (Å²) in [6.07, 6.45) is 5.63. The lowest BCUT2D eigenvalue weighted by Crippen LogP contribution is -2.46. The Morgan fingerprint density at radius 1 is 1.29 bits per heavy atom. The number of rotatable bonds is 8. The van der Waals surface area contributed by atoms with Crippen LogP contribution in [-0.4, -0.2) is 60.8 Å². The molecular formula is C26H33BBrNO6. The van der Waals surface area contributed by atoms with Gasteiger partial charge in [-0.05, 0) is 67.3 Å². The molecule has 4 rings (SSSR count). The highest BCUT2D eigenvalue weighted by Crippen LogP contribution is 2.50. The Morgan fingerprint density at radius 3 is 2.77 bits per heavy atom. The van der Waals surface area contributed by atoms with Gasteiger partial charge in [-0.3, -0.25) is 14.5 Å². The molecule has 7 nitrogen and oxygen atoms in total. The van der Waals surface area contributed by atoms with Crippen molar-refractivity contribution in [1.82, 2.24) is 4.90 Å². The van der Waals surface area contributed by atoms with E-state index in [0.29, 0.717) is 32.2 Å². The van der Waals surface area contributed by atoms with Crippen LogP contribution in [0.2, 0.25) is 6.32 Å². The Bertz CT molecular complexity index is 1060. The van der Waals surface area contributed by atoms with E-state index in [-0.39, 0.29) is 29.6 Å². The minimum Gasteiger partial charge on any atom is -0.507 e. The maximum absolute atomic E-state index is 13.0. The summed E-state index contributed by atoms with van der Waals surface area (Å²) in [6, 6.07) is 5.36. The maximum atomic E-state index is 13.0. The topological polar surface area (TPSA) is 96.3 Å². The Morgan fingerprint density at radius 2 is 2.06 bits per heavy atom. The van der Waals surface area contributed by atoms with E-state index in [1.807, 2.05) is 12.1 Å². The average molecular weight is 546 g/mol. The van der Waals surface area contributed by atoms with Crippen LogP contribution in [0.25, 0.3) is 6.08 Å². The number of phenols is 1. The molecule has 2 heterocycles. The molecule has 2 aliphatic heterocycles. The summed E-state index contributed by atoms with van der Waals surface area (Å²) >= 11 is 3.47. The molecular weight excluding hydrogens is 513 g/mol. The van der Waals surface area contributed by atoms with Crippen molar-refractivity contribution in [1.29, 1.82) is 0 Å². The Hall–Kier alpha value is -1.94. The van der Waals surface area contributed by atoms with Crippen molar-refractivity contribution < 1.29 is 29.1 Å². The lowest BCUT2D eigenvalue weighted by atomic mass is 9.58. The van der Waals surface area contributed by atoms with Crippen molar-refractivity contribution >= 4 is 40.9 Å². The quantitative estimate of drug-likeness (QED) is 0.289. The van der Waals surface area contributed by atoms with Crippen LogP contribution in [0.4, 0.5) is 0 Å². The van der Waals surface area contributed by atoms with Gasteiger partial charge in [0.1, 0.15) is 5.75 Å². The minimum absolute atomic E-state index is 0.146. The smallest absolute Gasteiger partial charge is 0.455 e. The lowest BCUT2D eigenvalue weighted by molar-refractivity contribution is -0.138. The molecule has 35 heavy (non-hydrogen) atoms. The van der Waals surface area contributed by atoms with Gasteiger partial charge in [0.05, 0.1) is 24.5 Å². The molecule has 2 amide bonds. The van der Waals surface area contributed by atoms with E-state index in [0.717, 1.165) is 34.0 Å². The first-order chi connectivity index (χ1) is 16.7. The summed E-state index contributed by atoms with van der Waals surface area (Å²) in [5.74, 6) is -1.17. The second-order valence-electron chi connectivity index (χ2n) is 9.78. The van der Waals surface area contributed by atoms with Crippen molar-refractivity contribution in [2.24, 2.45) is 17.8 Å². The molecule has 4 atom stereocenters. The number of aromatic hydroxyl groups is 1. The van der Waals surface area contributed by atoms with Gasteiger partial charge in [-0.1, -0.05) is 40.9 Å². The van der Waals surface area contributed by atoms with E-state index in [1.54, 1.807) is 26.3 Å². The molecule has 1 aromatic rings. The number of methoxy groups -OCH3 is 1. The Labute approximate surface area is 215 Å². The molecule has 0 aromatic heterocycles. The SMILES string of the molecule is CCC/C(=C\c1cc(Br)ccc1O)CC[C@H]1OB(O)C[C@H]2C1=C(COC)C[C@H]1C(=O)N(C)C(=O)[C@H]12. The zero-order valence-corrected chi connectivity index (χ0v) is 22.1. The third kappa shape index (κ3) is 5.28. The largest absolute Gasteiger partial charge is 0.507 e. The molecule has 0 spiro atoms. The number of carbonyl (C=O) groups excluding carboxylic acids is 2. The monoisotopic (exact) mass is 545 g/mol. The van der Waals surface area contributed by atoms with E-state index in [1.165, 1.54) is 10.5 Å². The van der Waals surface area contributed by atoms with Gasteiger partial charge in [0.15, 0.2) is 0 Å². The summed E-state index contributed by atoms with van der Waals surface area (Å²) in [5, 5.41) is 20.9. The summed E-state index contributed by atoms with van der Waals surface area (Å²) < 4.78 is 12.4. The number of hydrogen-bond donors (Lipinski definition) is 2. The number of allylic oxidation sites excluding steroid dienone is 1. The van der Waals surface area contributed by atoms with Crippen LogP contribution >= 0.6 is 15.9 Å². The average Bonchev–Trinajstić information content (AvgIpc) is 3.03. The van der Waals surface area contributed by atoms with E-state index < -0.39 is 19.0 Å². The molecule has 3 aliphatic rings. The molecule has 1 aliphatic carbocycles. The number of imide groups is 1. The van der Waals surface area contributed by atoms with E-state index in [9.17, 15) is 19.7 Å². The van der Waals surface area contributed by atoms with E-state index >= 15 is 0 Å². The van der Waals surface area contributed by atoms with Crippen LogP contribution in [-0.2, 0) is 19.0 Å². The van der Waals surface area contributed by atoms with Crippen molar-refractivity contribution in [2.75, 3.05) is 20.8 Å². The van der Waals surface area contributed by atoms with Gasteiger partial charge < -0.3 is 19.5 Å². The summed E-state index contributed by atoms with van der Waals surface area (Å²) in [4.78, 5) is 27.0. The van der Waals surface area contributed by atoms with Gasteiger partial charge in [-0.15, -0.1) is 0 Å². The molecule has 2 N–H and O–H groups in total. The van der Waals surface area contributed by atoms with E-state index in [2.05, 4.69) is 22.9 Å². The van der Waals surface area contributed by atoms with Crippen molar-refractivity contribution in [3.05, 3.63) is 45.0 Å². The lowest BCUT2D eigenvalue weighted by Gasteiger charge is -2.43. The maximum Gasteiger partial charge on any atom is 0.455 e. The van der Waals surface area contributed by atoms with E-state index in [4.69, 9.17) is 9.39 Å². The highest BCUT2D eigenvalue weighted by atomic mass is 79.9. The van der Waals surface area contributed by atoms with Gasteiger partial charge in [-0.2, -0.15) is 0 Å². The number of hydrogen-bond acceptors (Lipinski definition) is 6. The predicted octanol–water partition coefficient (Wildman–Crippen LogP) is 4.19. The molecule has 0 bridgehead atoms. The van der Waals surface area contributed by atoms with Gasteiger partial charge in [0, 0.05) is 24.2 Å². The van der Waals surface area contributed by atoms with Crippen LogP contribution in [0.3, 0.4) is 0 Å². The summed E-state index contributed by atoms with van der Waals surface area (Å²) in [6.45, 7) is 2.49. The fourth-order valence-corrected chi connectivity index (χ4v) is 6.37. The Balaban J connectivity index is 1.63. The van der Waals surface area contributed by atoms with Crippen LogP contribution in [0.5, 0.6) is 5.75 Å². The Kier molecular flexibility index (Phi) is 8.21. The molecule has 188 valence electrons.